The van der Waals surface area contributed by atoms with Crippen molar-refractivity contribution in [2.45, 2.75) is 26.3 Å². The van der Waals surface area contributed by atoms with Crippen LogP contribution >= 0.6 is 0 Å². The fourth-order valence-corrected chi connectivity index (χ4v) is 0.459. The molecule has 0 heterocycles. The van der Waals surface area contributed by atoms with E-state index >= 15 is 0 Å². The highest BCUT2D eigenvalue weighted by Crippen LogP contribution is 2.13. The molecule has 0 aliphatic carbocycles. The van der Waals surface area contributed by atoms with E-state index < -0.39 is 12.5 Å². The first-order valence-electron chi connectivity index (χ1n) is 2.70. The minimum absolute atomic E-state index is 0.373. The number of rotatable bonds is 3. The Morgan fingerprint density at radius 3 is 1.78 bits per heavy atom. The molecule has 0 bridgehead atoms. The average Bonchev–Trinajstić information content (AvgIpc) is 1.64. The van der Waals surface area contributed by atoms with Crippen molar-refractivity contribution in [3.63, 3.8) is 0 Å². The van der Waals surface area contributed by atoms with E-state index in [-0.39, 0.29) is 5.92 Å². The highest BCUT2D eigenvalue weighted by atomic mass is 19.3. The van der Waals surface area contributed by atoms with Crippen LogP contribution in [0, 0.1) is 10.8 Å². The van der Waals surface area contributed by atoms with E-state index in [1.807, 2.05) is 0 Å². The van der Waals surface area contributed by atoms with Crippen molar-refractivity contribution < 1.29 is 8.78 Å². The van der Waals surface area contributed by atoms with Crippen LogP contribution in [-0.4, -0.2) is 12.5 Å². The van der Waals surface area contributed by atoms with Gasteiger partial charge in [0.25, 0.3) is 6.43 Å². The summed E-state index contributed by atoms with van der Waals surface area (Å²) in [5, 5.41) is 2.29. The Kier molecular flexibility index (Phi) is 3.27. The number of hydrogen-bond acceptors (Lipinski definition) is 2. The second kappa shape index (κ2) is 3.48. The Bertz CT molecular complexity index is 87.0. The summed E-state index contributed by atoms with van der Waals surface area (Å²) < 4.78 is 23.3. The molecule has 0 saturated carbocycles. The summed E-state index contributed by atoms with van der Waals surface area (Å²) in [4.78, 5) is 9.66. The van der Waals surface area contributed by atoms with E-state index in [0.717, 1.165) is 0 Å². The first kappa shape index (κ1) is 8.46. The molecule has 1 atom stereocenters. The number of halogens is 2. The molecule has 0 rings (SSSR count). The van der Waals surface area contributed by atoms with E-state index in [9.17, 15) is 13.7 Å². The predicted molar refractivity (Wildman–Crippen MR) is 30.4 cm³/mol. The van der Waals surface area contributed by atoms with E-state index in [2.05, 4.69) is 5.18 Å². The molecule has 0 radical (unpaired) electrons. The molecule has 4 heteroatoms. The van der Waals surface area contributed by atoms with Gasteiger partial charge in [0.2, 0.25) is 0 Å². The highest BCUT2D eigenvalue weighted by molar-refractivity contribution is 4.71. The summed E-state index contributed by atoms with van der Waals surface area (Å²) >= 11 is 0. The van der Waals surface area contributed by atoms with Crippen LogP contribution in [-0.2, 0) is 0 Å². The van der Waals surface area contributed by atoms with Crippen molar-refractivity contribution in [1.82, 2.24) is 0 Å². The van der Waals surface area contributed by atoms with Gasteiger partial charge >= 0.3 is 0 Å². The minimum Gasteiger partial charge on any atom is -0.208 e. The predicted octanol–water partition coefficient (Wildman–Crippen LogP) is 2.04. The van der Waals surface area contributed by atoms with Crippen molar-refractivity contribution in [2.75, 3.05) is 0 Å². The first-order valence-corrected chi connectivity index (χ1v) is 2.70. The quantitative estimate of drug-likeness (QED) is 0.547. The maximum absolute atomic E-state index is 11.7. The van der Waals surface area contributed by atoms with Crippen LogP contribution < -0.4 is 0 Å². The molecule has 9 heavy (non-hydrogen) atoms. The lowest BCUT2D eigenvalue weighted by atomic mass is 10.1. The van der Waals surface area contributed by atoms with Crippen molar-refractivity contribution >= 4 is 0 Å². The molecular weight excluding hydrogens is 128 g/mol. The van der Waals surface area contributed by atoms with Crippen molar-refractivity contribution in [2.24, 2.45) is 11.1 Å². The smallest absolute Gasteiger partial charge is 0.208 e. The standard InChI is InChI=1S/C5H9F2NO/c1-3(2)4(8-9)5(6)7/h3-5H,1-2H3. The third-order valence-electron chi connectivity index (χ3n) is 1.06. The topological polar surface area (TPSA) is 29.4 Å². The Morgan fingerprint density at radius 1 is 1.33 bits per heavy atom. The Hall–Kier alpha value is -0.540. The van der Waals surface area contributed by atoms with Crippen LogP contribution in [0.4, 0.5) is 8.78 Å². The molecule has 1 unspecified atom stereocenters. The molecule has 0 amide bonds. The zero-order chi connectivity index (χ0) is 7.44. The maximum Gasteiger partial charge on any atom is 0.264 e. The molecular formula is C5H9F2NO. The number of nitroso groups, excluding NO2 is 1. The van der Waals surface area contributed by atoms with Gasteiger partial charge < -0.3 is 0 Å². The van der Waals surface area contributed by atoms with E-state index in [1.165, 1.54) is 13.8 Å². The minimum atomic E-state index is -2.62. The van der Waals surface area contributed by atoms with Gasteiger partial charge in [-0.2, -0.15) is 4.91 Å². The van der Waals surface area contributed by atoms with Gasteiger partial charge in [0.05, 0.1) is 0 Å². The van der Waals surface area contributed by atoms with Gasteiger partial charge in [0.15, 0.2) is 6.04 Å². The van der Waals surface area contributed by atoms with E-state index in [1.54, 1.807) is 0 Å². The molecule has 54 valence electrons. The van der Waals surface area contributed by atoms with Crippen LogP contribution in [0.15, 0.2) is 5.18 Å². The number of alkyl halides is 2. The monoisotopic (exact) mass is 137 g/mol. The Balaban J connectivity index is 3.82. The van der Waals surface area contributed by atoms with Crippen LogP contribution in [0.2, 0.25) is 0 Å². The molecule has 0 fully saturated rings. The number of nitrogens with zero attached hydrogens (tertiary/aromatic N) is 1. The summed E-state index contributed by atoms with van der Waals surface area (Å²) in [6.07, 6.45) is -2.62. The third-order valence-corrected chi connectivity index (χ3v) is 1.06. The summed E-state index contributed by atoms with van der Waals surface area (Å²) in [5.41, 5.74) is 0. The van der Waals surface area contributed by atoms with Crippen molar-refractivity contribution in [3.05, 3.63) is 4.91 Å². The Labute approximate surface area is 52.2 Å². The Morgan fingerprint density at radius 2 is 1.78 bits per heavy atom. The van der Waals surface area contributed by atoms with Gasteiger partial charge in [0, 0.05) is 0 Å². The normalized spacial score (nSPS) is 14.4. The lowest BCUT2D eigenvalue weighted by Crippen LogP contribution is -2.21. The maximum atomic E-state index is 11.7. The molecule has 0 N–H and O–H groups in total. The van der Waals surface area contributed by atoms with Gasteiger partial charge in [-0.25, -0.2) is 8.78 Å². The third kappa shape index (κ3) is 2.49. The summed E-state index contributed by atoms with van der Waals surface area (Å²) in [7, 11) is 0. The van der Waals surface area contributed by atoms with Gasteiger partial charge in [-0.1, -0.05) is 19.0 Å². The van der Waals surface area contributed by atoms with Crippen LogP contribution in [0.3, 0.4) is 0 Å². The van der Waals surface area contributed by atoms with E-state index in [4.69, 9.17) is 0 Å². The van der Waals surface area contributed by atoms with Gasteiger partial charge in [-0.15, -0.1) is 0 Å². The summed E-state index contributed by atoms with van der Waals surface area (Å²) in [5.74, 6) is -0.373. The molecule has 0 aromatic rings. The first-order chi connectivity index (χ1) is 4.09. The van der Waals surface area contributed by atoms with Crippen molar-refractivity contribution in [3.8, 4) is 0 Å². The largest absolute Gasteiger partial charge is 0.264 e. The zero-order valence-corrected chi connectivity index (χ0v) is 5.34. The van der Waals surface area contributed by atoms with Gasteiger partial charge in [0.1, 0.15) is 0 Å². The molecule has 0 saturated heterocycles. The highest BCUT2D eigenvalue weighted by Gasteiger charge is 2.24. The van der Waals surface area contributed by atoms with E-state index in [0.29, 0.717) is 0 Å². The van der Waals surface area contributed by atoms with Crippen molar-refractivity contribution in [1.29, 1.82) is 0 Å². The summed E-state index contributed by atoms with van der Waals surface area (Å²) in [6.45, 7) is 3.08. The molecule has 0 aromatic heterocycles. The zero-order valence-electron chi connectivity index (χ0n) is 5.34. The molecule has 0 spiro atoms. The second-order valence-electron chi connectivity index (χ2n) is 2.17. The number of hydrogen-bond donors (Lipinski definition) is 0. The second-order valence-corrected chi connectivity index (χ2v) is 2.17. The molecule has 0 aliphatic heterocycles. The SMILES string of the molecule is CC(C)C(N=O)C(F)F. The summed E-state index contributed by atoms with van der Waals surface area (Å²) in [6, 6.07) is -1.34. The fraction of sp³-hybridized carbons (Fsp3) is 1.00. The lowest BCUT2D eigenvalue weighted by molar-refractivity contribution is 0.0965. The lowest BCUT2D eigenvalue weighted by Gasteiger charge is -2.09. The van der Waals surface area contributed by atoms with Crippen LogP contribution in [0.5, 0.6) is 0 Å². The van der Waals surface area contributed by atoms with Crippen LogP contribution in [0.25, 0.3) is 0 Å². The van der Waals surface area contributed by atoms with Gasteiger partial charge in [-0.05, 0) is 5.92 Å². The fourth-order valence-electron chi connectivity index (χ4n) is 0.459. The average molecular weight is 137 g/mol. The molecule has 0 aliphatic rings. The van der Waals surface area contributed by atoms with Crippen LogP contribution in [0.1, 0.15) is 13.8 Å². The molecule has 0 aromatic carbocycles. The van der Waals surface area contributed by atoms with Gasteiger partial charge in [-0.3, -0.25) is 0 Å². The molecule has 2 nitrogen and oxygen atoms in total.